The molecule has 0 radical (unpaired) electrons. The van der Waals surface area contributed by atoms with Crippen LogP contribution in [0.25, 0.3) is 0 Å². The van der Waals surface area contributed by atoms with Gasteiger partial charge in [-0.05, 0) is 12.8 Å². The Hall–Kier alpha value is -0.610. The molecule has 0 aromatic rings. The summed E-state index contributed by atoms with van der Waals surface area (Å²) in [7, 11) is 0. The monoisotopic (exact) mass is 200 g/mol. The van der Waals surface area contributed by atoms with Crippen molar-refractivity contribution in [3.8, 4) is 0 Å². The average Bonchev–Trinajstić information content (AvgIpc) is 2.72. The largest absolute Gasteiger partial charge is 0.481 e. The van der Waals surface area contributed by atoms with Crippen LogP contribution in [0.15, 0.2) is 0 Å². The van der Waals surface area contributed by atoms with E-state index in [1.165, 1.54) is 0 Å². The quantitative estimate of drug-likeness (QED) is 0.691. The van der Waals surface area contributed by atoms with E-state index in [2.05, 4.69) is 0 Å². The smallest absolute Gasteiger partial charge is 0.312 e. The molecule has 2 fully saturated rings. The van der Waals surface area contributed by atoms with E-state index in [-0.39, 0.29) is 6.61 Å². The highest BCUT2D eigenvalue weighted by molar-refractivity contribution is 5.77. The Bertz CT molecular complexity index is 237. The molecule has 2 rings (SSSR count). The van der Waals surface area contributed by atoms with E-state index < -0.39 is 17.0 Å². The highest BCUT2D eigenvalue weighted by atomic mass is 16.5. The normalized spacial score (nSPS) is 36.1. The van der Waals surface area contributed by atoms with Gasteiger partial charge in [0.1, 0.15) is 5.60 Å². The molecule has 1 aliphatic heterocycles. The predicted octanol–water partition coefficient (Wildman–Crippen LogP) is 0.783. The van der Waals surface area contributed by atoms with E-state index >= 15 is 0 Å². The maximum Gasteiger partial charge on any atom is 0.312 e. The van der Waals surface area contributed by atoms with Crippen molar-refractivity contribution in [2.45, 2.75) is 37.7 Å². The van der Waals surface area contributed by atoms with Crippen LogP contribution in [0.2, 0.25) is 0 Å². The molecular weight excluding hydrogens is 184 g/mol. The van der Waals surface area contributed by atoms with Crippen LogP contribution in [0, 0.1) is 5.41 Å². The van der Waals surface area contributed by atoms with Crippen molar-refractivity contribution in [3.63, 3.8) is 0 Å². The molecule has 1 heterocycles. The second kappa shape index (κ2) is 3.21. The highest BCUT2D eigenvalue weighted by Gasteiger charge is 2.58. The van der Waals surface area contributed by atoms with E-state index in [1.807, 2.05) is 0 Å². The van der Waals surface area contributed by atoms with Crippen LogP contribution < -0.4 is 0 Å². The first-order valence-electron chi connectivity index (χ1n) is 5.14. The Morgan fingerprint density at radius 2 is 1.86 bits per heavy atom. The fraction of sp³-hybridized carbons (Fsp3) is 0.900. The summed E-state index contributed by atoms with van der Waals surface area (Å²) in [5.41, 5.74) is -2.07. The molecule has 80 valence electrons. The van der Waals surface area contributed by atoms with Crippen molar-refractivity contribution < 1.29 is 19.7 Å². The molecule has 1 saturated heterocycles. The first-order chi connectivity index (χ1) is 6.61. The minimum absolute atomic E-state index is 0.180. The van der Waals surface area contributed by atoms with Gasteiger partial charge in [0.25, 0.3) is 0 Å². The van der Waals surface area contributed by atoms with E-state index in [0.29, 0.717) is 25.9 Å². The molecule has 1 atom stereocenters. The van der Waals surface area contributed by atoms with Gasteiger partial charge in [0.2, 0.25) is 0 Å². The van der Waals surface area contributed by atoms with Gasteiger partial charge in [-0.25, -0.2) is 0 Å². The van der Waals surface area contributed by atoms with Gasteiger partial charge in [-0.3, -0.25) is 4.79 Å². The van der Waals surface area contributed by atoms with Gasteiger partial charge in [0, 0.05) is 13.0 Å². The Kier molecular flexibility index (Phi) is 2.27. The Labute approximate surface area is 82.9 Å². The lowest BCUT2D eigenvalue weighted by Gasteiger charge is -2.37. The molecule has 2 N–H and O–H groups in total. The summed E-state index contributed by atoms with van der Waals surface area (Å²) in [6.07, 6.45) is 3.42. The molecule has 0 amide bonds. The van der Waals surface area contributed by atoms with Crippen molar-refractivity contribution in [2.24, 2.45) is 5.41 Å². The molecule has 0 bridgehead atoms. The predicted molar refractivity (Wildman–Crippen MR) is 48.9 cm³/mol. The summed E-state index contributed by atoms with van der Waals surface area (Å²) < 4.78 is 5.13. The van der Waals surface area contributed by atoms with Crippen LogP contribution in [-0.4, -0.2) is 35.0 Å². The second-order valence-electron chi connectivity index (χ2n) is 4.43. The number of rotatable bonds is 2. The molecule has 1 aliphatic carbocycles. The summed E-state index contributed by atoms with van der Waals surface area (Å²) in [6, 6.07) is 0. The number of carboxylic acids is 1. The van der Waals surface area contributed by atoms with Crippen molar-refractivity contribution in [1.29, 1.82) is 0 Å². The summed E-state index contributed by atoms with van der Waals surface area (Å²) >= 11 is 0. The molecular formula is C10H16O4. The molecule has 1 saturated carbocycles. The third-order valence-corrected chi connectivity index (χ3v) is 3.76. The highest BCUT2D eigenvalue weighted by Crippen LogP contribution is 2.49. The molecule has 0 aromatic heterocycles. The second-order valence-corrected chi connectivity index (χ2v) is 4.43. The van der Waals surface area contributed by atoms with Crippen LogP contribution in [-0.2, 0) is 9.53 Å². The van der Waals surface area contributed by atoms with Crippen LogP contribution in [0.5, 0.6) is 0 Å². The first kappa shape index (κ1) is 9.93. The summed E-state index contributed by atoms with van der Waals surface area (Å²) in [5.74, 6) is -0.858. The van der Waals surface area contributed by atoms with Gasteiger partial charge in [-0.2, -0.15) is 0 Å². The Morgan fingerprint density at radius 1 is 1.21 bits per heavy atom. The number of aliphatic carboxylic acids is 1. The number of hydrogen-bond acceptors (Lipinski definition) is 3. The first-order valence-corrected chi connectivity index (χ1v) is 5.14. The lowest BCUT2D eigenvalue weighted by atomic mass is 9.70. The van der Waals surface area contributed by atoms with Gasteiger partial charge in [0.15, 0.2) is 0 Å². The zero-order chi connectivity index (χ0) is 10.2. The molecule has 4 nitrogen and oxygen atoms in total. The standard InChI is InChI=1S/C10H16O4/c11-8(12)9(3-1-2-4-9)10(13)5-6-14-7-10/h13H,1-7H2,(H,11,12). The third kappa shape index (κ3) is 1.17. The van der Waals surface area contributed by atoms with E-state index in [1.54, 1.807) is 0 Å². The fourth-order valence-electron chi connectivity index (χ4n) is 2.79. The molecule has 14 heavy (non-hydrogen) atoms. The number of aliphatic hydroxyl groups is 1. The number of hydrogen-bond donors (Lipinski definition) is 2. The van der Waals surface area contributed by atoms with Crippen molar-refractivity contribution >= 4 is 5.97 Å². The van der Waals surface area contributed by atoms with Gasteiger partial charge >= 0.3 is 5.97 Å². The Morgan fingerprint density at radius 3 is 2.29 bits per heavy atom. The number of ether oxygens (including phenoxy) is 1. The van der Waals surface area contributed by atoms with Gasteiger partial charge in [-0.15, -0.1) is 0 Å². The lowest BCUT2D eigenvalue weighted by molar-refractivity contribution is -0.169. The summed E-state index contributed by atoms with van der Waals surface area (Å²) in [6.45, 7) is 0.658. The van der Waals surface area contributed by atoms with Crippen LogP contribution in [0.4, 0.5) is 0 Å². The molecule has 0 aromatic carbocycles. The van der Waals surface area contributed by atoms with Crippen LogP contribution in [0.1, 0.15) is 32.1 Å². The number of carboxylic acid groups (broad SMARTS) is 1. The summed E-state index contributed by atoms with van der Waals surface area (Å²) in [4.78, 5) is 11.3. The van der Waals surface area contributed by atoms with Crippen molar-refractivity contribution in [3.05, 3.63) is 0 Å². The molecule has 4 heteroatoms. The van der Waals surface area contributed by atoms with Crippen LogP contribution in [0.3, 0.4) is 0 Å². The maximum atomic E-state index is 11.3. The minimum Gasteiger partial charge on any atom is -0.481 e. The molecule has 2 aliphatic rings. The Balaban J connectivity index is 2.30. The maximum absolute atomic E-state index is 11.3. The van der Waals surface area contributed by atoms with E-state index in [9.17, 15) is 15.0 Å². The van der Waals surface area contributed by atoms with Crippen molar-refractivity contribution in [1.82, 2.24) is 0 Å². The summed E-state index contributed by atoms with van der Waals surface area (Å²) in [5, 5.41) is 19.6. The van der Waals surface area contributed by atoms with Gasteiger partial charge < -0.3 is 14.9 Å². The van der Waals surface area contributed by atoms with E-state index in [4.69, 9.17) is 4.74 Å². The van der Waals surface area contributed by atoms with Crippen LogP contribution >= 0.6 is 0 Å². The average molecular weight is 200 g/mol. The lowest BCUT2D eigenvalue weighted by Crippen LogP contribution is -2.52. The molecule has 0 spiro atoms. The zero-order valence-corrected chi connectivity index (χ0v) is 8.16. The van der Waals surface area contributed by atoms with Gasteiger partial charge in [0.05, 0.1) is 12.0 Å². The fourth-order valence-corrected chi connectivity index (χ4v) is 2.79. The number of carbonyl (C=O) groups is 1. The molecule has 1 unspecified atom stereocenters. The van der Waals surface area contributed by atoms with Gasteiger partial charge in [-0.1, -0.05) is 12.8 Å². The third-order valence-electron chi connectivity index (χ3n) is 3.76. The van der Waals surface area contributed by atoms with E-state index in [0.717, 1.165) is 12.8 Å². The SMILES string of the molecule is O=C(O)C1(C2(O)CCOC2)CCCC1. The van der Waals surface area contributed by atoms with Crippen molar-refractivity contribution in [2.75, 3.05) is 13.2 Å². The zero-order valence-electron chi connectivity index (χ0n) is 8.16. The minimum atomic E-state index is -1.13. The topological polar surface area (TPSA) is 66.8 Å².